The quantitative estimate of drug-likeness (QED) is 0.888. The molecular weight excluding hydrogens is 316 g/mol. The van der Waals surface area contributed by atoms with Crippen LogP contribution in [0.3, 0.4) is 0 Å². The normalized spacial score (nSPS) is 15.4. The molecule has 1 aromatic carbocycles. The van der Waals surface area contributed by atoms with E-state index in [4.69, 9.17) is 4.74 Å². The molecule has 2 heterocycles. The fourth-order valence-corrected chi connectivity index (χ4v) is 3.05. The molecule has 6 heteroatoms. The molecule has 2 aromatic rings. The van der Waals surface area contributed by atoms with Crippen molar-refractivity contribution in [1.29, 1.82) is 0 Å². The Balaban J connectivity index is 1.73. The van der Waals surface area contributed by atoms with Crippen LogP contribution in [0.2, 0.25) is 0 Å². The molecule has 0 saturated heterocycles. The number of rotatable bonds is 3. The first-order valence-corrected chi connectivity index (χ1v) is 8.68. The molecule has 0 radical (unpaired) electrons. The first-order chi connectivity index (χ1) is 11.8. The lowest BCUT2D eigenvalue weighted by Gasteiger charge is -2.32. The molecule has 1 aliphatic rings. The van der Waals surface area contributed by atoms with Gasteiger partial charge in [-0.25, -0.2) is 4.79 Å². The second-order valence-corrected chi connectivity index (χ2v) is 7.47. The smallest absolute Gasteiger partial charge is 0.410 e. The molecule has 3 rings (SSSR count). The minimum Gasteiger partial charge on any atom is -0.444 e. The minimum atomic E-state index is -0.472. The van der Waals surface area contributed by atoms with Gasteiger partial charge in [0.2, 0.25) is 0 Å². The molecule has 2 N–H and O–H groups in total. The number of nitrogens with zero attached hydrogens (tertiary/aromatic N) is 2. The van der Waals surface area contributed by atoms with Crippen molar-refractivity contribution in [2.24, 2.45) is 0 Å². The second kappa shape index (κ2) is 6.78. The van der Waals surface area contributed by atoms with Crippen molar-refractivity contribution in [2.45, 2.75) is 52.3 Å². The number of carbonyl (C=O) groups is 1. The van der Waals surface area contributed by atoms with Crippen LogP contribution in [0.5, 0.6) is 0 Å². The fraction of sp³-hybridized carbons (Fsp3) is 0.474. The van der Waals surface area contributed by atoms with Crippen molar-refractivity contribution in [2.75, 3.05) is 11.9 Å². The first-order valence-electron chi connectivity index (χ1n) is 8.68. The van der Waals surface area contributed by atoms with Gasteiger partial charge < -0.3 is 15.0 Å². The van der Waals surface area contributed by atoms with E-state index in [-0.39, 0.29) is 12.1 Å². The summed E-state index contributed by atoms with van der Waals surface area (Å²) in [7, 11) is 0. The van der Waals surface area contributed by atoms with E-state index in [1.54, 1.807) is 11.1 Å². The minimum absolute atomic E-state index is 0.137. The molecule has 1 atom stereocenters. The maximum atomic E-state index is 12.3. The molecule has 134 valence electrons. The van der Waals surface area contributed by atoms with Crippen LogP contribution in [0.25, 0.3) is 0 Å². The topological polar surface area (TPSA) is 70.2 Å². The molecule has 1 unspecified atom stereocenters. The Bertz CT molecular complexity index is 734. The summed E-state index contributed by atoms with van der Waals surface area (Å²) in [5.74, 6) is 0. The van der Waals surface area contributed by atoms with E-state index < -0.39 is 5.60 Å². The van der Waals surface area contributed by atoms with Gasteiger partial charge in [0.25, 0.3) is 0 Å². The third-order valence-corrected chi connectivity index (χ3v) is 4.28. The lowest BCUT2D eigenvalue weighted by atomic mass is 9.97. The maximum Gasteiger partial charge on any atom is 0.410 e. The number of anilines is 1. The Kier molecular flexibility index (Phi) is 4.70. The zero-order chi connectivity index (χ0) is 18.0. The number of nitrogens with one attached hydrogen (secondary N) is 2. The number of carbonyl (C=O) groups excluding carboxylic acids is 1. The Morgan fingerprint density at radius 3 is 2.84 bits per heavy atom. The molecular formula is C19H26N4O2. The highest BCUT2D eigenvalue weighted by Crippen LogP contribution is 2.29. The average molecular weight is 342 g/mol. The van der Waals surface area contributed by atoms with Gasteiger partial charge in [-0.15, -0.1) is 0 Å². The van der Waals surface area contributed by atoms with Crippen LogP contribution < -0.4 is 5.32 Å². The summed E-state index contributed by atoms with van der Waals surface area (Å²) in [6, 6.07) is 8.31. The maximum absolute atomic E-state index is 12.3. The molecule has 0 bridgehead atoms. The molecule has 6 nitrogen and oxygen atoms in total. The molecule has 1 aliphatic heterocycles. The highest BCUT2D eigenvalue weighted by atomic mass is 16.6. The number of H-pyrrole nitrogens is 1. The number of benzene rings is 1. The van der Waals surface area contributed by atoms with Crippen molar-refractivity contribution in [3.05, 3.63) is 47.3 Å². The third kappa shape index (κ3) is 4.13. The molecule has 0 spiro atoms. The number of aromatic nitrogens is 2. The number of aromatic amines is 1. The highest BCUT2D eigenvalue weighted by molar-refractivity contribution is 5.69. The summed E-state index contributed by atoms with van der Waals surface area (Å²) in [6.45, 7) is 9.02. The number of ether oxygens (including phenoxy) is 1. The Morgan fingerprint density at radius 2 is 2.16 bits per heavy atom. The lowest BCUT2D eigenvalue weighted by Crippen LogP contribution is -2.40. The highest BCUT2D eigenvalue weighted by Gasteiger charge is 2.26. The summed E-state index contributed by atoms with van der Waals surface area (Å²) in [6.07, 6.45) is 2.32. The summed E-state index contributed by atoms with van der Waals surface area (Å²) in [5, 5.41) is 10.6. The number of hydrogen-bond acceptors (Lipinski definition) is 4. The zero-order valence-corrected chi connectivity index (χ0v) is 15.3. The Hall–Kier alpha value is -2.50. The standard InChI is InChI=1S/C19H26N4O2/c1-13(16-8-10-20-22-16)21-17-7-5-6-14-12-23(11-9-15(14)17)18(24)25-19(2,3)4/h5-8,10,13,21H,9,11-12H2,1-4H3,(H,20,22). The summed E-state index contributed by atoms with van der Waals surface area (Å²) in [4.78, 5) is 14.1. The van der Waals surface area contributed by atoms with Gasteiger partial charge in [-0.1, -0.05) is 12.1 Å². The molecule has 1 amide bonds. The molecule has 25 heavy (non-hydrogen) atoms. The molecule has 0 aliphatic carbocycles. The van der Waals surface area contributed by atoms with Crippen LogP contribution in [0.1, 0.15) is 50.6 Å². The average Bonchev–Trinajstić information content (AvgIpc) is 3.07. The Labute approximate surface area is 148 Å². The SMILES string of the molecule is CC(Nc1cccc2c1CCN(C(=O)OC(C)(C)C)C2)c1ccn[nH]1. The summed E-state index contributed by atoms with van der Waals surface area (Å²) >= 11 is 0. The van der Waals surface area contributed by atoms with Gasteiger partial charge in [0, 0.05) is 25.0 Å². The van der Waals surface area contributed by atoms with Crippen molar-refractivity contribution < 1.29 is 9.53 Å². The van der Waals surface area contributed by atoms with Gasteiger partial charge in [0.15, 0.2) is 0 Å². The van der Waals surface area contributed by atoms with E-state index in [2.05, 4.69) is 34.6 Å². The van der Waals surface area contributed by atoms with Crippen molar-refractivity contribution in [1.82, 2.24) is 15.1 Å². The van der Waals surface area contributed by atoms with Crippen LogP contribution in [-0.2, 0) is 17.7 Å². The van der Waals surface area contributed by atoms with E-state index in [1.807, 2.05) is 32.9 Å². The van der Waals surface area contributed by atoms with Crippen LogP contribution >= 0.6 is 0 Å². The van der Waals surface area contributed by atoms with Gasteiger partial charge in [0.05, 0.1) is 11.7 Å². The number of fused-ring (bicyclic) bond motifs is 1. The van der Waals surface area contributed by atoms with E-state index in [9.17, 15) is 4.79 Å². The second-order valence-electron chi connectivity index (χ2n) is 7.47. The molecule has 1 aromatic heterocycles. The van der Waals surface area contributed by atoms with Gasteiger partial charge in [-0.05, 0) is 57.4 Å². The van der Waals surface area contributed by atoms with Crippen molar-refractivity contribution in [3.8, 4) is 0 Å². The molecule has 0 saturated carbocycles. The molecule has 0 fully saturated rings. The predicted molar refractivity (Wildman–Crippen MR) is 97.4 cm³/mol. The van der Waals surface area contributed by atoms with Crippen molar-refractivity contribution >= 4 is 11.8 Å². The van der Waals surface area contributed by atoms with Gasteiger partial charge >= 0.3 is 6.09 Å². The predicted octanol–water partition coefficient (Wildman–Crippen LogP) is 3.88. The van der Waals surface area contributed by atoms with Crippen LogP contribution in [-0.4, -0.2) is 33.3 Å². The van der Waals surface area contributed by atoms with Crippen molar-refractivity contribution in [3.63, 3.8) is 0 Å². The summed E-state index contributed by atoms with van der Waals surface area (Å²) in [5.41, 5.74) is 4.13. The fourth-order valence-electron chi connectivity index (χ4n) is 3.05. The lowest BCUT2D eigenvalue weighted by molar-refractivity contribution is 0.0224. The Morgan fingerprint density at radius 1 is 1.36 bits per heavy atom. The van der Waals surface area contributed by atoms with Crippen LogP contribution in [0, 0.1) is 0 Å². The monoisotopic (exact) mass is 342 g/mol. The largest absolute Gasteiger partial charge is 0.444 e. The van der Waals surface area contributed by atoms with Gasteiger partial charge in [-0.3, -0.25) is 5.10 Å². The van der Waals surface area contributed by atoms with Crippen LogP contribution in [0.4, 0.5) is 10.5 Å². The summed E-state index contributed by atoms with van der Waals surface area (Å²) < 4.78 is 5.50. The van der Waals surface area contributed by atoms with E-state index in [0.29, 0.717) is 13.1 Å². The number of hydrogen-bond donors (Lipinski definition) is 2. The van der Waals surface area contributed by atoms with Gasteiger partial charge in [-0.2, -0.15) is 5.10 Å². The number of amides is 1. The van der Waals surface area contributed by atoms with E-state index in [0.717, 1.165) is 17.8 Å². The first kappa shape index (κ1) is 17.3. The van der Waals surface area contributed by atoms with E-state index >= 15 is 0 Å². The van der Waals surface area contributed by atoms with E-state index in [1.165, 1.54) is 11.1 Å². The van der Waals surface area contributed by atoms with Gasteiger partial charge in [0.1, 0.15) is 5.60 Å². The third-order valence-electron chi connectivity index (χ3n) is 4.28. The van der Waals surface area contributed by atoms with Crippen LogP contribution in [0.15, 0.2) is 30.5 Å². The zero-order valence-electron chi connectivity index (χ0n) is 15.3.